The van der Waals surface area contributed by atoms with Crippen molar-refractivity contribution in [1.29, 1.82) is 0 Å². The lowest BCUT2D eigenvalue weighted by Gasteiger charge is -2.25. The maximum absolute atomic E-state index is 12.8. The fourth-order valence-electron chi connectivity index (χ4n) is 3.56. The number of pyridine rings is 1. The average molecular weight is 410 g/mol. The summed E-state index contributed by atoms with van der Waals surface area (Å²) in [6, 6.07) is 11.9. The van der Waals surface area contributed by atoms with E-state index in [4.69, 9.17) is 21.7 Å². The van der Waals surface area contributed by atoms with Gasteiger partial charge < -0.3 is 24.7 Å². The van der Waals surface area contributed by atoms with E-state index in [1.807, 2.05) is 49.1 Å². The molecule has 0 aliphatic carbocycles. The number of thiocarbonyl (C=S) groups is 1. The molecule has 0 bridgehead atoms. The number of aromatic amines is 1. The van der Waals surface area contributed by atoms with Crippen LogP contribution in [0, 0.1) is 13.8 Å². The number of hydrogen-bond acceptors (Lipinski definition) is 4. The molecular formula is C22H23N3O3S. The van der Waals surface area contributed by atoms with Crippen molar-refractivity contribution in [3.63, 3.8) is 0 Å². The van der Waals surface area contributed by atoms with Gasteiger partial charge in [0, 0.05) is 24.5 Å². The summed E-state index contributed by atoms with van der Waals surface area (Å²) < 4.78 is 10.9. The quantitative estimate of drug-likeness (QED) is 0.644. The van der Waals surface area contributed by atoms with E-state index in [0.29, 0.717) is 23.8 Å². The predicted molar refractivity (Wildman–Crippen MR) is 118 cm³/mol. The Morgan fingerprint density at radius 2 is 1.86 bits per heavy atom. The van der Waals surface area contributed by atoms with E-state index in [-0.39, 0.29) is 12.4 Å². The Kier molecular flexibility index (Phi) is 5.15. The largest absolute Gasteiger partial charge is 0.454 e. The third kappa shape index (κ3) is 3.78. The second-order valence-corrected chi connectivity index (χ2v) is 7.60. The molecule has 0 fully saturated rings. The van der Waals surface area contributed by atoms with Crippen molar-refractivity contribution in [2.45, 2.75) is 26.9 Å². The summed E-state index contributed by atoms with van der Waals surface area (Å²) >= 11 is 5.51. The van der Waals surface area contributed by atoms with Gasteiger partial charge >= 0.3 is 0 Å². The number of ether oxygens (including phenoxy) is 2. The SMILES string of the molecule is CNC(=S)N(Cc1ccc2c(c1)OCO2)Cc1cc2c(C)ccc(C)c2[nH]c1=O. The molecule has 0 amide bonds. The first-order chi connectivity index (χ1) is 14.0. The lowest BCUT2D eigenvalue weighted by molar-refractivity contribution is 0.174. The van der Waals surface area contributed by atoms with Crippen LogP contribution in [0.25, 0.3) is 10.9 Å². The molecule has 1 aromatic heterocycles. The Morgan fingerprint density at radius 1 is 1.10 bits per heavy atom. The Morgan fingerprint density at radius 3 is 2.66 bits per heavy atom. The maximum Gasteiger partial charge on any atom is 0.253 e. The highest BCUT2D eigenvalue weighted by atomic mass is 32.1. The molecular weight excluding hydrogens is 386 g/mol. The van der Waals surface area contributed by atoms with Crippen LogP contribution in [0.4, 0.5) is 0 Å². The lowest BCUT2D eigenvalue weighted by atomic mass is 10.0. The summed E-state index contributed by atoms with van der Waals surface area (Å²) in [5.41, 5.74) is 4.66. The molecule has 0 saturated carbocycles. The molecule has 0 radical (unpaired) electrons. The molecule has 2 aromatic carbocycles. The standard InChI is InChI=1S/C22H23N3O3S/c1-13-4-5-14(2)20-17(13)9-16(21(26)24-20)11-25(22(29)23-3)10-15-6-7-18-19(8-15)28-12-27-18/h4-9H,10-12H2,1-3H3,(H,23,29)(H,24,26). The lowest BCUT2D eigenvalue weighted by Crippen LogP contribution is -2.38. The summed E-state index contributed by atoms with van der Waals surface area (Å²) in [5.74, 6) is 1.47. The van der Waals surface area contributed by atoms with Crippen molar-refractivity contribution in [3.05, 3.63) is 69.0 Å². The van der Waals surface area contributed by atoms with E-state index in [1.165, 1.54) is 0 Å². The average Bonchev–Trinajstić information content (AvgIpc) is 3.18. The third-order valence-corrected chi connectivity index (χ3v) is 5.66. The molecule has 0 spiro atoms. The monoisotopic (exact) mass is 409 g/mol. The minimum Gasteiger partial charge on any atom is -0.454 e. The minimum atomic E-state index is -0.0965. The van der Waals surface area contributed by atoms with Crippen LogP contribution in [0.2, 0.25) is 0 Å². The smallest absolute Gasteiger partial charge is 0.253 e. The van der Waals surface area contributed by atoms with Crippen molar-refractivity contribution in [3.8, 4) is 11.5 Å². The van der Waals surface area contributed by atoms with Crippen LogP contribution in [0.5, 0.6) is 11.5 Å². The number of nitrogens with zero attached hydrogens (tertiary/aromatic N) is 1. The number of H-pyrrole nitrogens is 1. The van der Waals surface area contributed by atoms with E-state index in [9.17, 15) is 4.79 Å². The summed E-state index contributed by atoms with van der Waals surface area (Å²) in [7, 11) is 1.78. The molecule has 3 aromatic rings. The highest BCUT2D eigenvalue weighted by molar-refractivity contribution is 7.80. The van der Waals surface area contributed by atoms with Gasteiger partial charge in [0.2, 0.25) is 6.79 Å². The van der Waals surface area contributed by atoms with E-state index in [0.717, 1.165) is 39.1 Å². The molecule has 4 rings (SSSR count). The number of hydrogen-bond donors (Lipinski definition) is 2. The van der Waals surface area contributed by atoms with Gasteiger partial charge in [-0.25, -0.2) is 0 Å². The zero-order chi connectivity index (χ0) is 20.5. The summed E-state index contributed by atoms with van der Waals surface area (Å²) in [6.45, 7) is 5.22. The fourth-order valence-corrected chi connectivity index (χ4v) is 3.69. The number of rotatable bonds is 4. The van der Waals surface area contributed by atoms with Gasteiger partial charge in [0.05, 0.1) is 12.1 Å². The second kappa shape index (κ2) is 7.75. The third-order valence-electron chi connectivity index (χ3n) is 5.19. The van der Waals surface area contributed by atoms with Crippen LogP contribution in [0.3, 0.4) is 0 Å². The van der Waals surface area contributed by atoms with Crippen molar-refractivity contribution in [2.24, 2.45) is 0 Å². The highest BCUT2D eigenvalue weighted by Crippen LogP contribution is 2.33. The molecule has 0 unspecified atom stereocenters. The zero-order valence-corrected chi connectivity index (χ0v) is 17.5. The van der Waals surface area contributed by atoms with Gasteiger partial charge in [-0.3, -0.25) is 4.79 Å². The Labute approximate surface area is 174 Å². The van der Waals surface area contributed by atoms with Gasteiger partial charge in [0.15, 0.2) is 16.6 Å². The van der Waals surface area contributed by atoms with E-state index in [2.05, 4.69) is 16.4 Å². The summed E-state index contributed by atoms with van der Waals surface area (Å²) in [5, 5.41) is 4.65. The van der Waals surface area contributed by atoms with E-state index < -0.39 is 0 Å². The van der Waals surface area contributed by atoms with Gasteiger partial charge in [-0.2, -0.15) is 0 Å². The molecule has 29 heavy (non-hydrogen) atoms. The molecule has 6 nitrogen and oxygen atoms in total. The van der Waals surface area contributed by atoms with Crippen LogP contribution in [-0.2, 0) is 13.1 Å². The Bertz CT molecular complexity index is 1160. The molecule has 1 aliphatic rings. The Balaban J connectivity index is 1.67. The first kappa shape index (κ1) is 19.3. The first-order valence-electron chi connectivity index (χ1n) is 9.43. The molecule has 1 aliphatic heterocycles. The predicted octanol–water partition coefficient (Wildman–Crippen LogP) is 3.38. The molecule has 2 heterocycles. The van der Waals surface area contributed by atoms with E-state index in [1.54, 1.807) is 7.05 Å². The van der Waals surface area contributed by atoms with E-state index >= 15 is 0 Å². The molecule has 0 atom stereocenters. The second-order valence-electron chi connectivity index (χ2n) is 7.21. The van der Waals surface area contributed by atoms with Gasteiger partial charge in [0.25, 0.3) is 5.56 Å². The van der Waals surface area contributed by atoms with Crippen molar-refractivity contribution in [1.82, 2.24) is 15.2 Å². The van der Waals surface area contributed by atoms with Crippen molar-refractivity contribution < 1.29 is 9.47 Å². The number of aryl methyl sites for hydroxylation is 2. The molecule has 150 valence electrons. The van der Waals surface area contributed by atoms with Crippen LogP contribution >= 0.6 is 12.2 Å². The van der Waals surface area contributed by atoms with Gasteiger partial charge in [-0.05, 0) is 61.0 Å². The van der Waals surface area contributed by atoms with Gasteiger partial charge in [-0.15, -0.1) is 0 Å². The highest BCUT2D eigenvalue weighted by Gasteiger charge is 2.17. The van der Waals surface area contributed by atoms with Crippen LogP contribution in [0.1, 0.15) is 22.3 Å². The van der Waals surface area contributed by atoms with Crippen LogP contribution in [0.15, 0.2) is 41.2 Å². The van der Waals surface area contributed by atoms with Crippen molar-refractivity contribution >= 4 is 28.2 Å². The number of benzene rings is 2. The molecule has 2 N–H and O–H groups in total. The maximum atomic E-state index is 12.8. The topological polar surface area (TPSA) is 66.6 Å². The van der Waals surface area contributed by atoms with Crippen molar-refractivity contribution in [2.75, 3.05) is 13.8 Å². The zero-order valence-electron chi connectivity index (χ0n) is 16.7. The minimum absolute atomic E-state index is 0.0965. The first-order valence-corrected chi connectivity index (χ1v) is 9.84. The molecule has 0 saturated heterocycles. The Hall–Kier alpha value is -3.06. The number of aromatic nitrogens is 1. The summed E-state index contributed by atoms with van der Waals surface area (Å²) in [6.07, 6.45) is 0. The van der Waals surface area contributed by atoms with Gasteiger partial charge in [0.1, 0.15) is 0 Å². The van der Waals surface area contributed by atoms with Crippen LogP contribution < -0.4 is 20.3 Å². The fraction of sp³-hybridized carbons (Fsp3) is 0.273. The number of fused-ring (bicyclic) bond motifs is 2. The van der Waals surface area contributed by atoms with Gasteiger partial charge in [-0.1, -0.05) is 18.2 Å². The summed E-state index contributed by atoms with van der Waals surface area (Å²) in [4.78, 5) is 17.8. The molecule has 7 heteroatoms. The number of nitrogens with one attached hydrogen (secondary N) is 2. The normalized spacial score (nSPS) is 12.2. The van der Waals surface area contributed by atoms with Crippen LogP contribution in [-0.4, -0.2) is 28.8 Å².